The second-order valence-electron chi connectivity index (χ2n) is 13.9. The van der Waals surface area contributed by atoms with Crippen molar-refractivity contribution in [1.82, 2.24) is 0 Å². The Hall–Kier alpha value is -0.886. The van der Waals surface area contributed by atoms with E-state index >= 15 is 0 Å². The van der Waals surface area contributed by atoms with Crippen molar-refractivity contribution >= 4 is 32.8 Å². The molecule has 0 unspecified atom stereocenters. The molecule has 0 spiro atoms. The van der Waals surface area contributed by atoms with Crippen LogP contribution < -0.4 is 0 Å². The van der Waals surface area contributed by atoms with Gasteiger partial charge in [0.05, 0.1) is 41.7 Å². The maximum Gasteiger partial charge on any atom is 0.192 e. The summed E-state index contributed by atoms with van der Waals surface area (Å²) in [5.74, 6) is -0.635. The minimum absolute atomic E-state index is 0.00572. The molecule has 0 aromatic heterocycles. The highest BCUT2D eigenvalue weighted by atomic mass is 32.2. The summed E-state index contributed by atoms with van der Waals surface area (Å²) in [7, 11) is -6.22. The zero-order chi connectivity index (χ0) is 29.9. The van der Waals surface area contributed by atoms with Crippen molar-refractivity contribution in [3.05, 3.63) is 30.3 Å². The van der Waals surface area contributed by atoms with Crippen LogP contribution in [0.2, 0.25) is 36.3 Å². The first-order valence-corrected chi connectivity index (χ1v) is 21.4. The van der Waals surface area contributed by atoms with Crippen LogP contribution in [0.15, 0.2) is 35.2 Å². The molecule has 1 aromatic rings. The van der Waals surface area contributed by atoms with Gasteiger partial charge in [0, 0.05) is 25.9 Å². The van der Waals surface area contributed by atoms with E-state index in [9.17, 15) is 13.2 Å². The van der Waals surface area contributed by atoms with Gasteiger partial charge in [-0.05, 0) is 48.4 Å². The Morgan fingerprint density at radius 1 is 0.949 bits per heavy atom. The third kappa shape index (κ3) is 8.80. The number of carbonyl (C=O) groups is 1. The normalized spacial score (nSPS) is 24.1. The van der Waals surface area contributed by atoms with Crippen LogP contribution in [-0.4, -0.2) is 75.2 Å². The summed E-state index contributed by atoms with van der Waals surface area (Å²) in [5, 5.41) is 0.0607. The van der Waals surface area contributed by atoms with Gasteiger partial charge in [-0.1, -0.05) is 59.7 Å². The molecule has 0 bridgehead atoms. The molecular formula is C29H52O7SSi2. The lowest BCUT2D eigenvalue weighted by molar-refractivity contribution is -0.111. The van der Waals surface area contributed by atoms with E-state index in [4.69, 9.17) is 18.3 Å². The first kappa shape index (κ1) is 34.3. The lowest BCUT2D eigenvalue weighted by Crippen LogP contribution is -2.49. The second-order valence-corrected chi connectivity index (χ2v) is 25.5. The van der Waals surface area contributed by atoms with Gasteiger partial charge < -0.3 is 23.1 Å². The third-order valence-electron chi connectivity index (χ3n) is 8.93. The molecule has 224 valence electrons. The number of hydrogen-bond acceptors (Lipinski definition) is 7. The summed E-state index contributed by atoms with van der Waals surface area (Å²) < 4.78 is 52.4. The van der Waals surface area contributed by atoms with Gasteiger partial charge in [-0.2, -0.15) is 0 Å². The van der Waals surface area contributed by atoms with Crippen molar-refractivity contribution in [2.24, 2.45) is 5.92 Å². The van der Waals surface area contributed by atoms with E-state index in [1.165, 1.54) is 0 Å². The van der Waals surface area contributed by atoms with Crippen molar-refractivity contribution < 1.29 is 31.5 Å². The van der Waals surface area contributed by atoms with E-state index in [1.807, 2.05) is 0 Å². The Morgan fingerprint density at radius 2 is 1.51 bits per heavy atom. The quantitative estimate of drug-likeness (QED) is 0.195. The van der Waals surface area contributed by atoms with Gasteiger partial charge in [0.15, 0.2) is 26.5 Å². The molecule has 1 fully saturated rings. The maximum atomic E-state index is 13.3. The first-order chi connectivity index (χ1) is 17.8. The molecule has 0 aliphatic carbocycles. The van der Waals surface area contributed by atoms with Crippen LogP contribution in [0.5, 0.6) is 0 Å². The van der Waals surface area contributed by atoms with Crippen LogP contribution in [0.4, 0.5) is 0 Å². The largest absolute Gasteiger partial charge is 0.414 e. The molecule has 0 saturated carbocycles. The lowest BCUT2D eigenvalue weighted by Gasteiger charge is -2.42. The molecule has 7 nitrogen and oxygen atoms in total. The molecule has 10 heteroatoms. The Kier molecular flexibility index (Phi) is 11.4. The van der Waals surface area contributed by atoms with Gasteiger partial charge in [-0.15, -0.1) is 0 Å². The Labute approximate surface area is 239 Å². The van der Waals surface area contributed by atoms with E-state index in [0.29, 0.717) is 13.0 Å². The molecule has 39 heavy (non-hydrogen) atoms. The summed E-state index contributed by atoms with van der Waals surface area (Å²) in [6, 6.07) is 8.40. The molecule has 5 atom stereocenters. The highest BCUT2D eigenvalue weighted by molar-refractivity contribution is 7.91. The number of rotatable bonds is 13. The van der Waals surface area contributed by atoms with E-state index < -0.39 is 50.7 Å². The van der Waals surface area contributed by atoms with Crippen LogP contribution in [-0.2, 0) is 33.0 Å². The fraction of sp³-hybridized carbons (Fsp3) is 0.759. The topological polar surface area (TPSA) is 88.1 Å². The number of ether oxygens (including phenoxy) is 2. The fourth-order valence-electron chi connectivity index (χ4n) is 4.43. The van der Waals surface area contributed by atoms with Crippen LogP contribution >= 0.6 is 0 Å². The third-order valence-corrected chi connectivity index (χ3v) is 19.8. The Morgan fingerprint density at radius 3 is 2.00 bits per heavy atom. The number of benzene rings is 1. The van der Waals surface area contributed by atoms with Gasteiger partial charge in [-0.25, -0.2) is 8.42 Å². The number of hydrogen-bond donors (Lipinski definition) is 0. The zero-order valence-corrected chi connectivity index (χ0v) is 28.8. The summed E-state index contributed by atoms with van der Waals surface area (Å²) >= 11 is 0. The Bertz CT molecular complexity index is 1030. The SMILES string of the molecule is CO[C@@H]1[C@@H](CS(=O)(=O)c2ccccc2)[C@H](CC=O)O[C@@H]1C[C@@H](CO[Si](C)(C)C(C)(C)C)O[Si](C)(C)C(C)(C)C. The molecule has 1 aliphatic rings. The number of carbonyl (C=O) groups excluding carboxylic acids is 1. The van der Waals surface area contributed by atoms with Crippen molar-refractivity contribution in [1.29, 1.82) is 0 Å². The molecule has 1 aromatic carbocycles. The fourth-order valence-corrected chi connectivity index (χ4v) is 8.49. The van der Waals surface area contributed by atoms with Gasteiger partial charge >= 0.3 is 0 Å². The molecule has 0 radical (unpaired) electrons. The predicted molar refractivity (Wildman–Crippen MR) is 162 cm³/mol. The lowest BCUT2D eigenvalue weighted by atomic mass is 9.94. The standard InChI is InChI=1S/C29H52O7SSi2/c1-28(2,3)38(8,9)34-20-22(36-39(10,11)29(4,5)6)19-26-27(33-7)24(25(35-26)17-18-30)21-37(31,32)23-15-13-12-14-16-23/h12-16,18,22,24-27H,17,19-21H2,1-11H3/t22-,24-,25-,26+,27+/m0/s1. The minimum Gasteiger partial charge on any atom is -0.414 e. The summed E-state index contributed by atoms with van der Waals surface area (Å²) in [5.41, 5.74) is 0. The van der Waals surface area contributed by atoms with Crippen molar-refractivity contribution in [3.8, 4) is 0 Å². The molecule has 0 amide bonds. The van der Waals surface area contributed by atoms with Crippen molar-refractivity contribution in [2.45, 2.75) is 120 Å². The molecule has 2 rings (SSSR count). The van der Waals surface area contributed by atoms with Crippen LogP contribution in [0.3, 0.4) is 0 Å². The molecule has 1 saturated heterocycles. The maximum absolute atomic E-state index is 13.3. The molecule has 1 heterocycles. The first-order valence-electron chi connectivity index (χ1n) is 14.0. The van der Waals surface area contributed by atoms with E-state index in [-0.39, 0.29) is 33.2 Å². The van der Waals surface area contributed by atoms with Gasteiger partial charge in [0.1, 0.15) is 6.29 Å². The summed E-state index contributed by atoms with van der Waals surface area (Å²) in [4.78, 5) is 11.8. The predicted octanol–water partition coefficient (Wildman–Crippen LogP) is 6.25. The van der Waals surface area contributed by atoms with E-state index in [2.05, 4.69) is 67.7 Å². The molecular weight excluding hydrogens is 549 g/mol. The van der Waals surface area contributed by atoms with Gasteiger partial charge in [0.2, 0.25) is 0 Å². The van der Waals surface area contributed by atoms with Gasteiger partial charge in [-0.3, -0.25) is 0 Å². The second kappa shape index (κ2) is 13.0. The number of aldehydes is 1. The highest BCUT2D eigenvalue weighted by Crippen LogP contribution is 2.41. The minimum atomic E-state index is -3.60. The van der Waals surface area contributed by atoms with Crippen molar-refractivity contribution in [2.75, 3.05) is 19.5 Å². The van der Waals surface area contributed by atoms with E-state index in [0.717, 1.165) is 6.29 Å². The monoisotopic (exact) mass is 600 g/mol. The average Bonchev–Trinajstić information content (AvgIpc) is 3.11. The summed E-state index contributed by atoms with van der Waals surface area (Å²) in [6.45, 7) is 22.6. The summed E-state index contributed by atoms with van der Waals surface area (Å²) in [6.07, 6.45) is -0.307. The van der Waals surface area contributed by atoms with Crippen molar-refractivity contribution in [3.63, 3.8) is 0 Å². The Balaban J connectivity index is 2.35. The van der Waals surface area contributed by atoms with Crippen LogP contribution in [0.1, 0.15) is 54.4 Å². The van der Waals surface area contributed by atoms with Gasteiger partial charge in [0.25, 0.3) is 0 Å². The average molecular weight is 601 g/mol. The highest BCUT2D eigenvalue weighted by Gasteiger charge is 2.49. The zero-order valence-electron chi connectivity index (χ0n) is 25.9. The smallest absolute Gasteiger partial charge is 0.192 e. The number of sulfone groups is 1. The van der Waals surface area contributed by atoms with Crippen LogP contribution in [0.25, 0.3) is 0 Å². The molecule has 0 N–H and O–H groups in total. The van der Waals surface area contributed by atoms with Crippen LogP contribution in [0, 0.1) is 5.92 Å². The van der Waals surface area contributed by atoms with E-state index in [1.54, 1.807) is 37.4 Å². The number of methoxy groups -OCH3 is 1. The molecule has 1 aliphatic heterocycles.